The number of aliphatic hydroxyl groups excluding tert-OH is 1. The maximum Gasteiger partial charge on any atom is 0.289 e. The van der Waals surface area contributed by atoms with E-state index in [1.54, 1.807) is 0 Å². The third-order valence-corrected chi connectivity index (χ3v) is 3.24. The van der Waals surface area contributed by atoms with Gasteiger partial charge in [-0.1, -0.05) is 0 Å². The summed E-state index contributed by atoms with van der Waals surface area (Å²) in [5.41, 5.74) is 0. The molecule has 96 valence electrons. The molecule has 5 heteroatoms. The van der Waals surface area contributed by atoms with Crippen LogP contribution in [0, 0.1) is 5.92 Å². The minimum Gasteiger partial charge on any atom is -0.494 e. The normalized spacial score (nSPS) is 28.6. The van der Waals surface area contributed by atoms with E-state index in [2.05, 4.69) is 5.32 Å². The summed E-state index contributed by atoms with van der Waals surface area (Å²) in [6, 6.07) is 0. The van der Waals surface area contributed by atoms with Crippen LogP contribution in [0.15, 0.2) is 12.0 Å². The van der Waals surface area contributed by atoms with E-state index >= 15 is 0 Å². The van der Waals surface area contributed by atoms with E-state index in [0.29, 0.717) is 25.7 Å². The molecule has 0 atom stereocenters. The number of carbonyl (C=O) groups excluding carboxylic acids is 1. The van der Waals surface area contributed by atoms with E-state index in [-0.39, 0.29) is 17.8 Å². The molecular formula is C12H19NO4. The molecule has 5 nitrogen and oxygen atoms in total. The molecule has 1 amide bonds. The minimum absolute atomic E-state index is 0.153. The first-order valence-electron chi connectivity index (χ1n) is 6.16. The lowest BCUT2D eigenvalue weighted by atomic mass is 9.87. The van der Waals surface area contributed by atoms with Crippen LogP contribution in [-0.2, 0) is 14.3 Å². The molecule has 0 aromatic heterocycles. The first-order valence-corrected chi connectivity index (χ1v) is 6.16. The van der Waals surface area contributed by atoms with Gasteiger partial charge in [0.25, 0.3) is 5.91 Å². The molecule has 2 N–H and O–H groups in total. The summed E-state index contributed by atoms with van der Waals surface area (Å²) in [6.07, 6.45) is 4.82. The van der Waals surface area contributed by atoms with Crippen molar-refractivity contribution in [1.82, 2.24) is 5.32 Å². The summed E-state index contributed by atoms with van der Waals surface area (Å²) >= 11 is 0. The van der Waals surface area contributed by atoms with Crippen LogP contribution in [0.25, 0.3) is 0 Å². The van der Waals surface area contributed by atoms with Gasteiger partial charge in [-0.15, -0.1) is 0 Å². The Kier molecular flexibility index (Phi) is 4.25. The SMILES string of the molecule is O=C(NCC1CCC(O)CC1)C1=COCCO1. The maximum absolute atomic E-state index is 11.7. The van der Waals surface area contributed by atoms with Crippen LogP contribution in [0.1, 0.15) is 25.7 Å². The van der Waals surface area contributed by atoms with Crippen molar-refractivity contribution in [3.63, 3.8) is 0 Å². The minimum atomic E-state index is -0.212. The van der Waals surface area contributed by atoms with Gasteiger partial charge in [-0.2, -0.15) is 0 Å². The molecule has 1 fully saturated rings. The number of carbonyl (C=O) groups is 1. The quantitative estimate of drug-likeness (QED) is 0.757. The van der Waals surface area contributed by atoms with Crippen LogP contribution in [0.4, 0.5) is 0 Å². The molecule has 0 aromatic rings. The molecule has 1 aliphatic carbocycles. The number of hydrogen-bond donors (Lipinski definition) is 2. The van der Waals surface area contributed by atoms with E-state index in [0.717, 1.165) is 25.7 Å². The Balaban J connectivity index is 1.70. The van der Waals surface area contributed by atoms with Gasteiger partial charge in [0.2, 0.25) is 5.76 Å². The third kappa shape index (κ3) is 3.63. The number of nitrogens with one attached hydrogen (secondary N) is 1. The zero-order valence-corrected chi connectivity index (χ0v) is 9.85. The summed E-state index contributed by atoms with van der Waals surface area (Å²) in [5.74, 6) is 0.510. The Morgan fingerprint density at radius 3 is 2.76 bits per heavy atom. The molecular weight excluding hydrogens is 222 g/mol. The van der Waals surface area contributed by atoms with Crippen LogP contribution in [0.5, 0.6) is 0 Å². The number of hydrogen-bond acceptors (Lipinski definition) is 4. The summed E-state index contributed by atoms with van der Waals surface area (Å²) < 4.78 is 10.2. The van der Waals surface area contributed by atoms with Crippen molar-refractivity contribution >= 4 is 5.91 Å². The van der Waals surface area contributed by atoms with E-state index in [1.807, 2.05) is 0 Å². The fraction of sp³-hybridized carbons (Fsp3) is 0.750. The lowest BCUT2D eigenvalue weighted by Gasteiger charge is -2.25. The van der Waals surface area contributed by atoms with Crippen LogP contribution >= 0.6 is 0 Å². The van der Waals surface area contributed by atoms with Crippen molar-refractivity contribution in [3.05, 3.63) is 12.0 Å². The highest BCUT2D eigenvalue weighted by molar-refractivity contribution is 5.91. The Bertz CT molecular complexity index is 295. The largest absolute Gasteiger partial charge is 0.494 e. The number of ether oxygens (including phenoxy) is 2. The summed E-state index contributed by atoms with van der Waals surface area (Å²) in [6.45, 7) is 1.57. The zero-order valence-electron chi connectivity index (χ0n) is 9.85. The Labute approximate surface area is 101 Å². The Morgan fingerprint density at radius 1 is 1.35 bits per heavy atom. The van der Waals surface area contributed by atoms with Gasteiger partial charge in [-0.3, -0.25) is 4.79 Å². The second-order valence-electron chi connectivity index (χ2n) is 4.59. The summed E-state index contributed by atoms with van der Waals surface area (Å²) in [4.78, 5) is 11.7. The van der Waals surface area contributed by atoms with Crippen molar-refractivity contribution < 1.29 is 19.4 Å². The first kappa shape index (κ1) is 12.2. The van der Waals surface area contributed by atoms with Crippen molar-refractivity contribution in [2.45, 2.75) is 31.8 Å². The van der Waals surface area contributed by atoms with E-state index < -0.39 is 0 Å². The standard InChI is InChI=1S/C12H19NO4/c14-10-3-1-9(2-4-10)7-13-12(15)11-8-16-5-6-17-11/h8-10,14H,1-7H2,(H,13,15). The molecule has 0 saturated heterocycles. The van der Waals surface area contributed by atoms with Crippen LogP contribution in [0.3, 0.4) is 0 Å². The molecule has 0 radical (unpaired) electrons. The monoisotopic (exact) mass is 241 g/mol. The van der Waals surface area contributed by atoms with Crippen molar-refractivity contribution in [3.8, 4) is 0 Å². The van der Waals surface area contributed by atoms with E-state index in [4.69, 9.17) is 9.47 Å². The molecule has 2 aliphatic rings. The molecule has 1 saturated carbocycles. The van der Waals surface area contributed by atoms with Gasteiger partial charge in [0, 0.05) is 6.54 Å². The highest BCUT2D eigenvalue weighted by Crippen LogP contribution is 2.23. The smallest absolute Gasteiger partial charge is 0.289 e. The Hall–Kier alpha value is -1.23. The van der Waals surface area contributed by atoms with Crippen LogP contribution < -0.4 is 5.32 Å². The summed E-state index contributed by atoms with van der Waals surface area (Å²) in [5, 5.41) is 12.2. The third-order valence-electron chi connectivity index (χ3n) is 3.24. The highest BCUT2D eigenvalue weighted by Gasteiger charge is 2.21. The van der Waals surface area contributed by atoms with Gasteiger partial charge in [0.1, 0.15) is 19.5 Å². The average molecular weight is 241 g/mol. The fourth-order valence-electron chi connectivity index (χ4n) is 2.16. The van der Waals surface area contributed by atoms with Gasteiger partial charge < -0.3 is 19.9 Å². The van der Waals surface area contributed by atoms with E-state index in [9.17, 15) is 9.90 Å². The van der Waals surface area contributed by atoms with Crippen molar-refractivity contribution in [2.24, 2.45) is 5.92 Å². The molecule has 0 spiro atoms. The van der Waals surface area contributed by atoms with Crippen molar-refractivity contribution in [1.29, 1.82) is 0 Å². The number of aliphatic hydroxyl groups is 1. The highest BCUT2D eigenvalue weighted by atomic mass is 16.6. The maximum atomic E-state index is 11.7. The molecule has 2 rings (SSSR count). The fourth-order valence-corrected chi connectivity index (χ4v) is 2.16. The second kappa shape index (κ2) is 5.91. The number of amides is 1. The van der Waals surface area contributed by atoms with Crippen LogP contribution in [-0.4, -0.2) is 36.9 Å². The molecule has 0 bridgehead atoms. The Morgan fingerprint density at radius 2 is 2.12 bits per heavy atom. The van der Waals surface area contributed by atoms with Gasteiger partial charge in [0.05, 0.1) is 6.10 Å². The van der Waals surface area contributed by atoms with Crippen molar-refractivity contribution in [2.75, 3.05) is 19.8 Å². The average Bonchev–Trinajstić information content (AvgIpc) is 2.39. The zero-order chi connectivity index (χ0) is 12.1. The molecule has 17 heavy (non-hydrogen) atoms. The summed E-state index contributed by atoms with van der Waals surface area (Å²) in [7, 11) is 0. The van der Waals surface area contributed by atoms with Gasteiger partial charge >= 0.3 is 0 Å². The first-order chi connectivity index (χ1) is 8.25. The lowest BCUT2D eigenvalue weighted by Crippen LogP contribution is -2.34. The lowest BCUT2D eigenvalue weighted by molar-refractivity contribution is -0.122. The van der Waals surface area contributed by atoms with Crippen LogP contribution in [0.2, 0.25) is 0 Å². The van der Waals surface area contributed by atoms with Gasteiger partial charge in [0.15, 0.2) is 0 Å². The predicted molar refractivity (Wildman–Crippen MR) is 61.0 cm³/mol. The van der Waals surface area contributed by atoms with Gasteiger partial charge in [-0.25, -0.2) is 0 Å². The molecule has 0 unspecified atom stereocenters. The number of rotatable bonds is 3. The topological polar surface area (TPSA) is 67.8 Å². The predicted octanol–water partition coefficient (Wildman–Crippen LogP) is 0.542. The van der Waals surface area contributed by atoms with E-state index in [1.165, 1.54) is 6.26 Å². The molecule has 0 aromatic carbocycles. The van der Waals surface area contributed by atoms with Gasteiger partial charge in [-0.05, 0) is 31.6 Å². The molecule has 1 aliphatic heterocycles. The molecule has 1 heterocycles. The second-order valence-corrected chi connectivity index (χ2v) is 4.59.